The molecule has 1 N–H and O–H groups in total. The van der Waals surface area contributed by atoms with Crippen molar-refractivity contribution in [2.24, 2.45) is 0 Å². The molecule has 104 valence electrons. The predicted molar refractivity (Wildman–Crippen MR) is 79.3 cm³/mol. The number of rotatable bonds is 4. The van der Waals surface area contributed by atoms with Gasteiger partial charge in [0.1, 0.15) is 5.82 Å². The van der Waals surface area contributed by atoms with Gasteiger partial charge in [-0.1, -0.05) is 17.7 Å². The van der Waals surface area contributed by atoms with Gasteiger partial charge in [0.15, 0.2) is 0 Å². The van der Waals surface area contributed by atoms with E-state index in [1.165, 1.54) is 12.1 Å². The third-order valence-electron chi connectivity index (χ3n) is 2.83. The minimum Gasteiger partial charge on any atom is -0.381 e. The topological polar surface area (TPSA) is 55.2 Å². The summed E-state index contributed by atoms with van der Waals surface area (Å²) in [4.78, 5) is 10.4. The van der Waals surface area contributed by atoms with Gasteiger partial charge in [0.25, 0.3) is 5.69 Å². The summed E-state index contributed by atoms with van der Waals surface area (Å²) in [5.41, 5.74) is 2.03. The fourth-order valence-electron chi connectivity index (χ4n) is 1.80. The van der Waals surface area contributed by atoms with Crippen molar-refractivity contribution in [2.45, 2.75) is 13.5 Å². The Morgan fingerprint density at radius 3 is 2.75 bits per heavy atom. The Hall–Kier alpha value is -1.95. The Bertz CT molecular complexity index is 662. The van der Waals surface area contributed by atoms with Gasteiger partial charge in [-0.15, -0.1) is 0 Å². The third kappa shape index (κ3) is 3.33. The van der Waals surface area contributed by atoms with Crippen molar-refractivity contribution in [1.29, 1.82) is 0 Å². The van der Waals surface area contributed by atoms with E-state index in [4.69, 9.17) is 0 Å². The lowest BCUT2D eigenvalue weighted by atomic mass is 10.1. The normalized spacial score (nSPS) is 10.3. The Morgan fingerprint density at radius 1 is 1.30 bits per heavy atom. The fraction of sp³-hybridized carbons (Fsp3) is 0.143. The van der Waals surface area contributed by atoms with Crippen LogP contribution in [0.15, 0.2) is 40.9 Å². The van der Waals surface area contributed by atoms with Gasteiger partial charge in [-0.2, -0.15) is 0 Å². The zero-order chi connectivity index (χ0) is 14.7. The van der Waals surface area contributed by atoms with Crippen LogP contribution in [0.3, 0.4) is 0 Å². The summed E-state index contributed by atoms with van der Waals surface area (Å²) in [7, 11) is 0. The average Bonchev–Trinajstić information content (AvgIpc) is 2.41. The Kier molecular flexibility index (Phi) is 4.34. The van der Waals surface area contributed by atoms with Crippen LogP contribution in [0.4, 0.5) is 15.8 Å². The summed E-state index contributed by atoms with van der Waals surface area (Å²) in [5, 5.41) is 13.8. The number of nitro benzene ring substituents is 1. The number of nitrogens with one attached hydrogen (secondary N) is 1. The molecule has 0 aliphatic heterocycles. The van der Waals surface area contributed by atoms with Gasteiger partial charge in [0, 0.05) is 23.9 Å². The molecule has 6 heteroatoms. The first-order valence-electron chi connectivity index (χ1n) is 5.90. The molecule has 0 unspecified atom stereocenters. The highest BCUT2D eigenvalue weighted by Gasteiger charge is 2.12. The number of aryl methyl sites for hydroxylation is 1. The molecule has 0 amide bonds. The third-order valence-corrected chi connectivity index (χ3v) is 3.50. The Balaban J connectivity index is 2.17. The van der Waals surface area contributed by atoms with E-state index in [2.05, 4.69) is 21.2 Å². The number of halogens is 2. The van der Waals surface area contributed by atoms with E-state index in [-0.39, 0.29) is 18.0 Å². The van der Waals surface area contributed by atoms with Crippen molar-refractivity contribution in [3.8, 4) is 0 Å². The molecule has 0 saturated heterocycles. The van der Waals surface area contributed by atoms with Gasteiger partial charge in [0.05, 0.1) is 9.40 Å². The fourth-order valence-corrected chi connectivity index (χ4v) is 2.19. The van der Waals surface area contributed by atoms with Gasteiger partial charge in [-0.3, -0.25) is 10.1 Å². The number of hydrogen-bond acceptors (Lipinski definition) is 3. The van der Waals surface area contributed by atoms with Crippen LogP contribution in [0.5, 0.6) is 0 Å². The highest BCUT2D eigenvalue weighted by Crippen LogP contribution is 2.28. The van der Waals surface area contributed by atoms with Crippen LogP contribution in [0.25, 0.3) is 0 Å². The van der Waals surface area contributed by atoms with Gasteiger partial charge in [-0.25, -0.2) is 4.39 Å². The zero-order valence-corrected chi connectivity index (χ0v) is 12.3. The summed E-state index contributed by atoms with van der Waals surface area (Å²) in [6.07, 6.45) is 0. The van der Waals surface area contributed by atoms with E-state index in [0.717, 1.165) is 5.56 Å². The van der Waals surface area contributed by atoms with E-state index in [0.29, 0.717) is 15.7 Å². The highest BCUT2D eigenvalue weighted by atomic mass is 79.9. The zero-order valence-electron chi connectivity index (χ0n) is 10.7. The van der Waals surface area contributed by atoms with E-state index in [1.807, 2.05) is 6.92 Å². The second kappa shape index (κ2) is 6.00. The summed E-state index contributed by atoms with van der Waals surface area (Å²) in [5.74, 6) is -0.297. The van der Waals surface area contributed by atoms with Crippen LogP contribution in [0.2, 0.25) is 0 Å². The van der Waals surface area contributed by atoms with Crippen LogP contribution in [0, 0.1) is 22.9 Å². The van der Waals surface area contributed by atoms with E-state index in [1.54, 1.807) is 24.3 Å². The number of hydrogen-bond donors (Lipinski definition) is 1. The summed E-state index contributed by atoms with van der Waals surface area (Å²) >= 11 is 3.12. The molecule has 2 rings (SSSR count). The Labute approximate surface area is 123 Å². The molecule has 0 aliphatic carbocycles. The van der Waals surface area contributed by atoms with Crippen molar-refractivity contribution in [3.05, 3.63) is 67.9 Å². The van der Waals surface area contributed by atoms with Crippen LogP contribution in [-0.2, 0) is 6.54 Å². The summed E-state index contributed by atoms with van der Waals surface area (Å²) in [6.45, 7) is 2.15. The van der Waals surface area contributed by atoms with Gasteiger partial charge in [-0.05, 0) is 41.1 Å². The number of nitro groups is 1. The predicted octanol–water partition coefficient (Wildman–Crippen LogP) is 4.42. The molecular formula is C14H12BrFN2O2. The number of nitrogens with zero attached hydrogens (tertiary/aromatic N) is 1. The van der Waals surface area contributed by atoms with Crippen LogP contribution in [0.1, 0.15) is 11.1 Å². The largest absolute Gasteiger partial charge is 0.381 e. The quantitative estimate of drug-likeness (QED) is 0.663. The molecule has 2 aromatic carbocycles. The second-order valence-electron chi connectivity index (χ2n) is 4.37. The molecule has 4 nitrogen and oxygen atoms in total. The van der Waals surface area contributed by atoms with Gasteiger partial charge in [0.2, 0.25) is 0 Å². The number of benzene rings is 2. The lowest BCUT2D eigenvalue weighted by Gasteiger charge is -2.08. The maximum Gasteiger partial charge on any atom is 0.285 e. The molecule has 0 aromatic heterocycles. The molecule has 0 saturated carbocycles. The second-order valence-corrected chi connectivity index (χ2v) is 5.23. The van der Waals surface area contributed by atoms with E-state index >= 15 is 0 Å². The van der Waals surface area contributed by atoms with Crippen molar-refractivity contribution in [2.75, 3.05) is 5.32 Å². The summed E-state index contributed by atoms with van der Waals surface area (Å²) in [6, 6.07) is 9.56. The molecule has 2 aromatic rings. The maximum absolute atomic E-state index is 13.6. The van der Waals surface area contributed by atoms with Crippen molar-refractivity contribution in [3.63, 3.8) is 0 Å². The van der Waals surface area contributed by atoms with Crippen molar-refractivity contribution in [1.82, 2.24) is 0 Å². The molecule has 20 heavy (non-hydrogen) atoms. The van der Waals surface area contributed by atoms with Crippen molar-refractivity contribution < 1.29 is 9.31 Å². The molecule has 0 radical (unpaired) electrons. The van der Waals surface area contributed by atoms with Gasteiger partial charge < -0.3 is 5.32 Å². The lowest BCUT2D eigenvalue weighted by molar-refractivity contribution is -0.385. The molecule has 0 heterocycles. The highest BCUT2D eigenvalue weighted by molar-refractivity contribution is 9.10. The smallest absolute Gasteiger partial charge is 0.285 e. The summed E-state index contributed by atoms with van der Waals surface area (Å²) < 4.78 is 14.0. The molecular weight excluding hydrogens is 327 g/mol. The minimum absolute atomic E-state index is 0.0280. The molecule has 0 bridgehead atoms. The average molecular weight is 339 g/mol. The standard InChI is InChI=1S/C14H12BrFN2O2/c1-9-2-5-13(16)10(6-9)8-17-11-3-4-12(15)14(7-11)18(19)20/h2-7,17H,8H2,1H3. The molecule has 0 atom stereocenters. The monoisotopic (exact) mass is 338 g/mol. The van der Waals surface area contributed by atoms with E-state index < -0.39 is 4.92 Å². The first kappa shape index (κ1) is 14.5. The van der Waals surface area contributed by atoms with Crippen LogP contribution < -0.4 is 5.32 Å². The van der Waals surface area contributed by atoms with Gasteiger partial charge >= 0.3 is 0 Å². The molecule has 0 fully saturated rings. The van der Waals surface area contributed by atoms with Crippen LogP contribution in [-0.4, -0.2) is 4.92 Å². The Morgan fingerprint density at radius 2 is 2.05 bits per heavy atom. The SMILES string of the molecule is Cc1ccc(F)c(CNc2ccc(Br)c([N+](=O)[O-])c2)c1. The van der Waals surface area contributed by atoms with E-state index in [9.17, 15) is 14.5 Å². The first-order valence-corrected chi connectivity index (χ1v) is 6.69. The number of anilines is 1. The van der Waals surface area contributed by atoms with Crippen molar-refractivity contribution >= 4 is 27.3 Å². The first-order chi connectivity index (χ1) is 9.47. The lowest BCUT2D eigenvalue weighted by Crippen LogP contribution is -2.03. The molecule has 0 aliphatic rings. The molecule has 0 spiro atoms. The minimum atomic E-state index is -0.470. The maximum atomic E-state index is 13.6. The van der Waals surface area contributed by atoms with Crippen LogP contribution >= 0.6 is 15.9 Å².